The minimum atomic E-state index is -1.27. The lowest BCUT2D eigenvalue weighted by Gasteiger charge is -2.27. The van der Waals surface area contributed by atoms with Gasteiger partial charge >= 0.3 is 0 Å². The first-order chi connectivity index (χ1) is 9.80. The fraction of sp³-hybridized carbons (Fsp3) is 0.529. The van der Waals surface area contributed by atoms with Crippen molar-refractivity contribution in [3.8, 4) is 6.07 Å². The maximum atomic E-state index is 10.3. The number of hydrogen-bond acceptors (Lipinski definition) is 4. The Morgan fingerprint density at radius 2 is 1.86 bits per heavy atom. The van der Waals surface area contributed by atoms with Crippen molar-refractivity contribution >= 4 is 5.71 Å². The van der Waals surface area contributed by atoms with Gasteiger partial charge in [0.2, 0.25) is 0 Å². The summed E-state index contributed by atoms with van der Waals surface area (Å²) in [4.78, 5) is 5.40. The van der Waals surface area contributed by atoms with Crippen molar-refractivity contribution in [1.82, 2.24) is 0 Å². The third-order valence-corrected chi connectivity index (χ3v) is 4.01. The van der Waals surface area contributed by atoms with Gasteiger partial charge in [0, 0.05) is 5.56 Å². The van der Waals surface area contributed by atoms with Gasteiger partial charge in [0.25, 0.3) is 5.60 Å². The molecule has 4 nitrogen and oxygen atoms in total. The molecule has 2 rings (SSSR count). The van der Waals surface area contributed by atoms with E-state index in [1.165, 1.54) is 5.56 Å². The molecule has 2 atom stereocenters. The molecule has 21 heavy (non-hydrogen) atoms. The van der Waals surface area contributed by atoms with Crippen LogP contribution < -0.4 is 0 Å². The lowest BCUT2D eigenvalue weighted by molar-refractivity contribution is -0.0850. The summed E-state index contributed by atoms with van der Waals surface area (Å²) in [6.45, 7) is 9.85. The summed E-state index contributed by atoms with van der Waals surface area (Å²) >= 11 is 0. The molecule has 0 saturated carbocycles. The van der Waals surface area contributed by atoms with E-state index in [0.29, 0.717) is 6.42 Å². The van der Waals surface area contributed by atoms with Crippen molar-refractivity contribution in [3.05, 3.63) is 34.4 Å². The first-order valence-corrected chi connectivity index (χ1v) is 7.23. The van der Waals surface area contributed by atoms with E-state index in [1.54, 1.807) is 0 Å². The third kappa shape index (κ3) is 2.66. The molecule has 1 aliphatic heterocycles. The summed E-state index contributed by atoms with van der Waals surface area (Å²) in [5, 5.41) is 23.9. The topological polar surface area (TPSA) is 65.6 Å². The molecule has 1 heterocycles. The second-order valence-electron chi connectivity index (χ2n) is 6.27. The number of benzene rings is 1. The number of oxime groups is 1. The van der Waals surface area contributed by atoms with Crippen LogP contribution >= 0.6 is 0 Å². The number of aryl methyl sites for hydroxylation is 3. The monoisotopic (exact) mass is 286 g/mol. The molecule has 0 aliphatic carbocycles. The minimum absolute atomic E-state index is 0.0700. The van der Waals surface area contributed by atoms with Crippen LogP contribution in [0.15, 0.2) is 17.3 Å². The molecule has 112 valence electrons. The van der Waals surface area contributed by atoms with Crippen LogP contribution in [-0.2, 0) is 4.84 Å². The van der Waals surface area contributed by atoms with E-state index in [1.807, 2.05) is 27.7 Å². The molecule has 0 spiro atoms. The Labute approximate surface area is 126 Å². The van der Waals surface area contributed by atoms with Gasteiger partial charge in [0.05, 0.1) is 12.1 Å². The zero-order chi connectivity index (χ0) is 15.8. The molecule has 0 amide bonds. The van der Waals surface area contributed by atoms with Crippen LogP contribution in [-0.4, -0.2) is 22.5 Å². The number of nitriles is 1. The van der Waals surface area contributed by atoms with Gasteiger partial charge in [-0.2, -0.15) is 5.26 Å². The lowest BCUT2D eigenvalue weighted by atomic mass is 9.83. The molecule has 0 fully saturated rings. The lowest BCUT2D eigenvalue weighted by Crippen LogP contribution is -2.44. The van der Waals surface area contributed by atoms with Crippen LogP contribution in [0.4, 0.5) is 0 Å². The number of rotatable bonds is 3. The van der Waals surface area contributed by atoms with Crippen LogP contribution in [0.1, 0.15) is 42.5 Å². The Morgan fingerprint density at radius 1 is 1.29 bits per heavy atom. The molecular weight excluding hydrogens is 264 g/mol. The molecule has 0 radical (unpaired) electrons. The largest absolute Gasteiger partial charge is 0.387 e. The van der Waals surface area contributed by atoms with Crippen molar-refractivity contribution in [2.75, 3.05) is 0 Å². The van der Waals surface area contributed by atoms with Gasteiger partial charge in [-0.15, -0.1) is 0 Å². The van der Waals surface area contributed by atoms with Crippen LogP contribution in [0.3, 0.4) is 0 Å². The van der Waals surface area contributed by atoms with Crippen molar-refractivity contribution in [2.24, 2.45) is 11.1 Å². The molecule has 1 N–H and O–H groups in total. The molecule has 0 unspecified atom stereocenters. The molecular formula is C17H22N2O2. The summed E-state index contributed by atoms with van der Waals surface area (Å²) in [6, 6.07) is 6.31. The molecule has 1 aliphatic rings. The molecule has 0 aromatic heterocycles. The van der Waals surface area contributed by atoms with E-state index in [4.69, 9.17) is 4.84 Å². The SMILES string of the molecule is Cc1cc(C)c(C2=NO[C@](C#N)([C@@H](O)C(C)C)C2)c(C)c1. The van der Waals surface area contributed by atoms with Gasteiger partial charge in [-0.25, -0.2) is 0 Å². The van der Waals surface area contributed by atoms with Crippen molar-refractivity contribution in [1.29, 1.82) is 5.26 Å². The standard InChI is InChI=1S/C17H22N2O2/c1-10(2)16(20)17(9-18)8-14(19-21-17)15-12(4)6-11(3)7-13(15)5/h6-7,10,16,20H,8H2,1-5H3/t16-,17+/m0/s1. The van der Waals surface area contributed by atoms with Gasteiger partial charge in [-0.05, 0) is 37.8 Å². The Hall–Kier alpha value is -1.86. The van der Waals surface area contributed by atoms with Crippen LogP contribution in [0.25, 0.3) is 0 Å². The minimum Gasteiger partial charge on any atom is -0.387 e. The average molecular weight is 286 g/mol. The number of hydrogen-bond donors (Lipinski definition) is 1. The molecule has 4 heteroatoms. The first kappa shape index (κ1) is 15.5. The molecule has 0 saturated heterocycles. The second-order valence-corrected chi connectivity index (χ2v) is 6.27. The van der Waals surface area contributed by atoms with E-state index in [0.717, 1.165) is 22.4 Å². The van der Waals surface area contributed by atoms with Crippen LogP contribution in [0, 0.1) is 38.0 Å². The van der Waals surface area contributed by atoms with Gasteiger partial charge in [0.15, 0.2) is 0 Å². The fourth-order valence-electron chi connectivity index (χ4n) is 3.04. The normalized spacial score (nSPS) is 22.7. The maximum Gasteiger partial charge on any atom is 0.253 e. The zero-order valence-electron chi connectivity index (χ0n) is 13.3. The number of aliphatic hydroxyl groups excluding tert-OH is 1. The summed E-state index contributed by atoms with van der Waals surface area (Å²) in [7, 11) is 0. The Morgan fingerprint density at radius 3 is 2.33 bits per heavy atom. The Bertz CT molecular complexity index is 605. The summed E-state index contributed by atoms with van der Waals surface area (Å²) in [5.74, 6) is -0.0700. The van der Waals surface area contributed by atoms with Crippen molar-refractivity contribution in [3.63, 3.8) is 0 Å². The van der Waals surface area contributed by atoms with Crippen molar-refractivity contribution in [2.45, 2.75) is 52.7 Å². The third-order valence-electron chi connectivity index (χ3n) is 4.01. The predicted octanol–water partition coefficient (Wildman–Crippen LogP) is 3.02. The van der Waals surface area contributed by atoms with Crippen LogP contribution in [0.2, 0.25) is 0 Å². The average Bonchev–Trinajstić information content (AvgIpc) is 2.82. The Kier molecular flexibility index (Phi) is 4.06. The van der Waals surface area contributed by atoms with Gasteiger partial charge in [0.1, 0.15) is 12.2 Å². The second kappa shape index (κ2) is 5.50. The van der Waals surface area contributed by atoms with Gasteiger partial charge in [-0.1, -0.05) is 36.7 Å². The van der Waals surface area contributed by atoms with Gasteiger partial charge < -0.3 is 9.94 Å². The Balaban J connectivity index is 2.37. The highest BCUT2D eigenvalue weighted by atomic mass is 16.7. The highest BCUT2D eigenvalue weighted by molar-refractivity contribution is 6.04. The molecule has 1 aromatic carbocycles. The van der Waals surface area contributed by atoms with Crippen LogP contribution in [0.5, 0.6) is 0 Å². The quantitative estimate of drug-likeness (QED) is 0.928. The summed E-state index contributed by atoms with van der Waals surface area (Å²) < 4.78 is 0. The molecule has 0 bridgehead atoms. The van der Waals surface area contributed by atoms with E-state index in [9.17, 15) is 10.4 Å². The highest BCUT2D eigenvalue weighted by Crippen LogP contribution is 2.34. The number of nitrogens with zero attached hydrogens (tertiary/aromatic N) is 2. The van der Waals surface area contributed by atoms with E-state index in [-0.39, 0.29) is 5.92 Å². The number of aliphatic hydroxyl groups is 1. The van der Waals surface area contributed by atoms with E-state index < -0.39 is 11.7 Å². The van der Waals surface area contributed by atoms with E-state index in [2.05, 4.69) is 30.3 Å². The van der Waals surface area contributed by atoms with Crippen molar-refractivity contribution < 1.29 is 9.94 Å². The smallest absolute Gasteiger partial charge is 0.253 e. The highest BCUT2D eigenvalue weighted by Gasteiger charge is 2.48. The molecule has 1 aromatic rings. The summed E-state index contributed by atoms with van der Waals surface area (Å²) in [6.07, 6.45) is -0.553. The zero-order valence-corrected chi connectivity index (χ0v) is 13.3. The maximum absolute atomic E-state index is 10.3. The predicted molar refractivity (Wildman–Crippen MR) is 82.1 cm³/mol. The fourth-order valence-corrected chi connectivity index (χ4v) is 3.04. The summed E-state index contributed by atoms with van der Waals surface area (Å²) in [5.41, 5.74) is 3.92. The van der Waals surface area contributed by atoms with Gasteiger partial charge in [-0.3, -0.25) is 0 Å². The first-order valence-electron chi connectivity index (χ1n) is 7.23. The van der Waals surface area contributed by atoms with E-state index >= 15 is 0 Å².